The molecule has 0 saturated heterocycles. The largest absolute Gasteiger partial charge is 0.0888 e. The van der Waals surface area contributed by atoms with Crippen LogP contribution in [-0.2, 0) is 0 Å². The molecule has 1 heterocycles. The Kier molecular flexibility index (Phi) is 7.05. The maximum absolute atomic E-state index is 2.48. The molecular weight excluding hydrogens is 729 g/mol. The van der Waals surface area contributed by atoms with Gasteiger partial charge in [0.2, 0.25) is 0 Å². The highest BCUT2D eigenvalue weighted by Crippen LogP contribution is 2.53. The number of hydrogen-bond donors (Lipinski definition) is 0. The summed E-state index contributed by atoms with van der Waals surface area (Å²) in [4.78, 5) is 2.60. The lowest BCUT2D eigenvalue weighted by Gasteiger charge is -2.24. The van der Waals surface area contributed by atoms with Gasteiger partial charge in [0.25, 0.3) is 0 Å². The number of hydrogen-bond acceptors (Lipinski definition) is 1. The predicted molar refractivity (Wildman–Crippen MR) is 255 cm³/mol. The first-order valence-electron chi connectivity index (χ1n) is 20.4. The topological polar surface area (TPSA) is 0 Å². The highest BCUT2D eigenvalue weighted by molar-refractivity contribution is 7.99. The molecule has 0 aromatic heterocycles. The second kappa shape index (κ2) is 12.7. The molecular formula is C58H34S. The average Bonchev–Trinajstić information content (AvgIpc) is 3.30. The molecule has 1 aliphatic heterocycles. The van der Waals surface area contributed by atoms with Crippen LogP contribution in [0.2, 0.25) is 0 Å². The van der Waals surface area contributed by atoms with E-state index in [1.54, 1.807) is 0 Å². The Labute approximate surface area is 346 Å². The van der Waals surface area contributed by atoms with Crippen molar-refractivity contribution in [1.82, 2.24) is 0 Å². The number of fused-ring (bicyclic) bond motifs is 10. The van der Waals surface area contributed by atoms with Crippen LogP contribution in [0, 0.1) is 0 Å². The first-order chi connectivity index (χ1) is 29.3. The van der Waals surface area contributed by atoms with E-state index in [9.17, 15) is 0 Å². The highest BCUT2D eigenvalue weighted by Gasteiger charge is 2.25. The van der Waals surface area contributed by atoms with Crippen LogP contribution in [-0.4, -0.2) is 0 Å². The first kappa shape index (κ1) is 32.8. The van der Waals surface area contributed by atoms with Crippen LogP contribution >= 0.6 is 11.8 Å². The summed E-state index contributed by atoms with van der Waals surface area (Å²) in [6, 6.07) is 77.1. The summed E-state index contributed by atoms with van der Waals surface area (Å²) >= 11 is 1.90. The van der Waals surface area contributed by atoms with Crippen LogP contribution in [0.1, 0.15) is 0 Å². The fourth-order valence-electron chi connectivity index (χ4n) is 10.3. The van der Waals surface area contributed by atoms with Gasteiger partial charge in [-0.05, 0) is 139 Å². The van der Waals surface area contributed by atoms with Gasteiger partial charge in [-0.25, -0.2) is 0 Å². The molecule has 0 radical (unpaired) electrons. The zero-order valence-electron chi connectivity index (χ0n) is 32.0. The van der Waals surface area contributed by atoms with Crippen molar-refractivity contribution in [2.45, 2.75) is 9.79 Å². The minimum absolute atomic E-state index is 1.24. The second-order valence-corrected chi connectivity index (χ2v) is 17.0. The third kappa shape index (κ3) is 4.80. The van der Waals surface area contributed by atoms with E-state index in [4.69, 9.17) is 0 Å². The third-order valence-electron chi connectivity index (χ3n) is 12.8. The molecule has 0 aliphatic carbocycles. The van der Waals surface area contributed by atoms with Crippen molar-refractivity contribution in [2.24, 2.45) is 0 Å². The Morgan fingerprint density at radius 3 is 1.66 bits per heavy atom. The maximum atomic E-state index is 2.48. The molecule has 59 heavy (non-hydrogen) atoms. The Morgan fingerprint density at radius 1 is 0.237 bits per heavy atom. The molecule has 0 atom stereocenters. The zero-order chi connectivity index (χ0) is 38.6. The zero-order valence-corrected chi connectivity index (χ0v) is 32.9. The third-order valence-corrected chi connectivity index (χ3v) is 13.9. The Balaban J connectivity index is 1.08. The molecule has 13 rings (SSSR count). The van der Waals surface area contributed by atoms with Crippen LogP contribution < -0.4 is 0 Å². The summed E-state index contributed by atoms with van der Waals surface area (Å²) < 4.78 is 0. The molecule has 0 unspecified atom stereocenters. The molecule has 1 aliphatic rings. The van der Waals surface area contributed by atoms with E-state index < -0.39 is 0 Å². The number of rotatable bonds is 3. The van der Waals surface area contributed by atoms with Crippen molar-refractivity contribution in [3.63, 3.8) is 0 Å². The van der Waals surface area contributed by atoms with Gasteiger partial charge in [-0.1, -0.05) is 194 Å². The average molecular weight is 763 g/mol. The molecule has 1 heteroatoms. The minimum atomic E-state index is 1.24. The van der Waals surface area contributed by atoms with Gasteiger partial charge >= 0.3 is 0 Å². The van der Waals surface area contributed by atoms with Crippen LogP contribution in [0.4, 0.5) is 0 Å². The fraction of sp³-hybridized carbons (Fsp3) is 0. The minimum Gasteiger partial charge on any atom is -0.0888 e. The van der Waals surface area contributed by atoms with Gasteiger partial charge in [-0.3, -0.25) is 0 Å². The molecule has 12 aromatic carbocycles. The smallest absolute Gasteiger partial charge is 0.0207 e. The quantitative estimate of drug-likeness (QED) is 0.128. The van der Waals surface area contributed by atoms with E-state index in [0.29, 0.717) is 0 Å². The van der Waals surface area contributed by atoms with Gasteiger partial charge in [-0.15, -0.1) is 0 Å². The highest BCUT2D eigenvalue weighted by atomic mass is 32.2. The lowest BCUT2D eigenvalue weighted by atomic mass is 9.83. The predicted octanol–water partition coefficient (Wildman–Crippen LogP) is 16.9. The molecule has 0 fully saturated rings. The lowest BCUT2D eigenvalue weighted by molar-refractivity contribution is 1.40. The molecule has 0 saturated carbocycles. The van der Waals surface area contributed by atoms with E-state index in [-0.39, 0.29) is 0 Å². The van der Waals surface area contributed by atoms with E-state index in [2.05, 4.69) is 206 Å². The fourth-order valence-corrected chi connectivity index (χ4v) is 11.4. The molecule has 0 nitrogen and oxygen atoms in total. The van der Waals surface area contributed by atoms with E-state index in [0.717, 1.165) is 0 Å². The summed E-state index contributed by atoms with van der Waals surface area (Å²) in [5.74, 6) is 0. The van der Waals surface area contributed by atoms with Gasteiger partial charge < -0.3 is 0 Å². The van der Waals surface area contributed by atoms with E-state index >= 15 is 0 Å². The van der Waals surface area contributed by atoms with Crippen molar-refractivity contribution in [1.29, 1.82) is 0 Å². The van der Waals surface area contributed by atoms with Gasteiger partial charge in [-0.2, -0.15) is 0 Å². The van der Waals surface area contributed by atoms with Crippen LogP contribution in [0.3, 0.4) is 0 Å². The molecule has 0 bridgehead atoms. The lowest BCUT2D eigenvalue weighted by Crippen LogP contribution is -1.96. The van der Waals surface area contributed by atoms with E-state index in [1.807, 2.05) is 11.8 Å². The summed E-state index contributed by atoms with van der Waals surface area (Å²) in [6.07, 6.45) is 0. The van der Waals surface area contributed by atoms with Crippen molar-refractivity contribution >= 4 is 87.2 Å². The normalized spacial score (nSPS) is 12.3. The Morgan fingerprint density at radius 2 is 0.847 bits per heavy atom. The van der Waals surface area contributed by atoms with Gasteiger partial charge in [0.05, 0.1) is 0 Å². The van der Waals surface area contributed by atoms with Crippen molar-refractivity contribution in [2.75, 3.05) is 0 Å². The second-order valence-electron chi connectivity index (χ2n) is 15.9. The molecule has 0 spiro atoms. The number of benzene rings is 12. The van der Waals surface area contributed by atoms with Crippen LogP contribution in [0.25, 0.3) is 120 Å². The van der Waals surface area contributed by atoms with Crippen molar-refractivity contribution in [3.8, 4) is 44.5 Å². The van der Waals surface area contributed by atoms with Crippen molar-refractivity contribution < 1.29 is 0 Å². The first-order valence-corrected chi connectivity index (χ1v) is 21.2. The van der Waals surface area contributed by atoms with Crippen LogP contribution in [0.15, 0.2) is 216 Å². The monoisotopic (exact) mass is 762 g/mol. The summed E-state index contributed by atoms with van der Waals surface area (Å²) in [5.41, 5.74) is 10.2. The summed E-state index contributed by atoms with van der Waals surface area (Å²) in [6.45, 7) is 0. The Hall–Kier alpha value is -7.19. The summed E-state index contributed by atoms with van der Waals surface area (Å²) in [5, 5.41) is 18.0. The van der Waals surface area contributed by atoms with Crippen LogP contribution in [0.5, 0.6) is 0 Å². The van der Waals surface area contributed by atoms with E-state index in [1.165, 1.54) is 130 Å². The van der Waals surface area contributed by atoms with Crippen molar-refractivity contribution in [3.05, 3.63) is 206 Å². The molecule has 0 N–H and O–H groups in total. The standard InChI is InChI=1S/C58H34S/c1-2-15-37(16-3-1)55-44-22-11-10-21-43(44)54(49-29-26-36-14-5-8-19-41(36)58(49)55)39-27-31-52-51(34-39)46-24-12-23-45-47(30-32-53(59-52)57(45)46)56-42-20-9-6-17-38(42)33-50-40-18-7-4-13-35(40)25-28-48(50)56/h1-34H. The maximum Gasteiger partial charge on any atom is 0.0207 e. The summed E-state index contributed by atoms with van der Waals surface area (Å²) in [7, 11) is 0. The Bertz CT molecular complexity index is 3750. The molecule has 0 amide bonds. The van der Waals surface area contributed by atoms with Gasteiger partial charge in [0.15, 0.2) is 0 Å². The van der Waals surface area contributed by atoms with Gasteiger partial charge in [0, 0.05) is 15.2 Å². The van der Waals surface area contributed by atoms with Gasteiger partial charge in [0.1, 0.15) is 0 Å². The molecule has 272 valence electrons. The molecule has 12 aromatic rings. The SMILES string of the molecule is c1ccc(-c2c3ccccc3c(-c3ccc4c(c3)-c3cccc5c(-c6c7ccccc7cc7c6ccc6ccccc67)ccc(c35)S4)c3ccc4ccccc4c23)cc1.